The monoisotopic (exact) mass is 370 g/mol. The summed E-state index contributed by atoms with van der Waals surface area (Å²) in [6.07, 6.45) is 2.60. The van der Waals surface area contributed by atoms with Crippen molar-refractivity contribution in [2.75, 3.05) is 5.43 Å². The van der Waals surface area contributed by atoms with Gasteiger partial charge in [-0.15, -0.1) is 0 Å². The lowest BCUT2D eigenvalue weighted by Crippen LogP contribution is -1.95. The predicted molar refractivity (Wildman–Crippen MR) is 82.9 cm³/mol. The topological polar surface area (TPSA) is 101 Å². The summed E-state index contributed by atoms with van der Waals surface area (Å²) in [4.78, 5) is 13.8. The van der Waals surface area contributed by atoms with Crippen molar-refractivity contribution in [3.05, 3.63) is 55.6 Å². The van der Waals surface area contributed by atoms with Crippen molar-refractivity contribution in [3.8, 4) is 5.75 Å². The molecule has 0 atom stereocenters. The lowest BCUT2D eigenvalue weighted by atomic mass is 10.2. The highest BCUT2D eigenvalue weighted by molar-refractivity contribution is 9.10. The van der Waals surface area contributed by atoms with Gasteiger partial charge in [0, 0.05) is 6.07 Å². The fraction of sp³-hybridized carbons (Fsp3) is 0. The molecule has 2 N–H and O–H groups in total. The van der Waals surface area contributed by atoms with Crippen molar-refractivity contribution in [3.63, 3.8) is 0 Å². The number of pyridine rings is 1. The molecule has 0 amide bonds. The molecule has 2 aromatic rings. The van der Waals surface area contributed by atoms with Crippen LogP contribution in [0.4, 0.5) is 11.5 Å². The Morgan fingerprint density at radius 1 is 1.48 bits per heavy atom. The van der Waals surface area contributed by atoms with Gasteiger partial charge in [0.2, 0.25) is 0 Å². The first-order valence-corrected chi connectivity index (χ1v) is 6.72. The molecule has 7 nitrogen and oxygen atoms in total. The van der Waals surface area contributed by atoms with Crippen LogP contribution in [-0.4, -0.2) is 21.2 Å². The highest BCUT2D eigenvalue weighted by atomic mass is 79.9. The molecule has 0 unspecified atom stereocenters. The van der Waals surface area contributed by atoms with E-state index < -0.39 is 4.92 Å². The summed E-state index contributed by atoms with van der Waals surface area (Å²) in [6.45, 7) is 0. The molecule has 1 aromatic carbocycles. The number of halogens is 2. The number of nitro groups is 1. The Bertz CT molecular complexity index is 683. The van der Waals surface area contributed by atoms with Gasteiger partial charge in [0.15, 0.2) is 0 Å². The quantitative estimate of drug-likeness (QED) is 0.486. The summed E-state index contributed by atoms with van der Waals surface area (Å²) in [5, 5.41) is 24.1. The highest BCUT2D eigenvalue weighted by Crippen LogP contribution is 2.32. The van der Waals surface area contributed by atoms with Gasteiger partial charge >= 0.3 is 0 Å². The normalized spacial score (nSPS) is 10.8. The molecule has 0 radical (unpaired) electrons. The van der Waals surface area contributed by atoms with E-state index in [0.717, 1.165) is 6.20 Å². The number of hydrogen-bond acceptors (Lipinski definition) is 6. The third-order valence-corrected chi connectivity index (χ3v) is 3.28. The van der Waals surface area contributed by atoms with Crippen LogP contribution in [0.1, 0.15) is 5.56 Å². The van der Waals surface area contributed by atoms with Crippen LogP contribution in [0.5, 0.6) is 5.75 Å². The van der Waals surface area contributed by atoms with Crippen molar-refractivity contribution in [1.82, 2.24) is 4.98 Å². The number of rotatable bonds is 4. The molecule has 2 rings (SSSR count). The van der Waals surface area contributed by atoms with Gasteiger partial charge in [-0.1, -0.05) is 11.6 Å². The molecular formula is C12H8BrClN4O3. The van der Waals surface area contributed by atoms with Crippen molar-refractivity contribution in [2.24, 2.45) is 5.10 Å². The maximum Gasteiger partial charge on any atom is 0.287 e. The Morgan fingerprint density at radius 3 is 2.81 bits per heavy atom. The first-order valence-electron chi connectivity index (χ1n) is 5.55. The lowest BCUT2D eigenvalue weighted by Gasteiger charge is -2.02. The zero-order valence-electron chi connectivity index (χ0n) is 10.3. The Morgan fingerprint density at radius 2 is 2.24 bits per heavy atom. The second-order valence-electron chi connectivity index (χ2n) is 3.86. The van der Waals surface area contributed by atoms with E-state index in [9.17, 15) is 15.2 Å². The minimum Gasteiger partial charge on any atom is -0.505 e. The predicted octanol–water partition coefficient (Wildman–Crippen LogP) is 3.56. The lowest BCUT2D eigenvalue weighted by molar-refractivity contribution is -0.385. The Hall–Kier alpha value is -2.19. The Balaban J connectivity index is 2.07. The number of aromatic hydroxyl groups is 1. The molecule has 0 spiro atoms. The van der Waals surface area contributed by atoms with Crippen molar-refractivity contribution < 1.29 is 10.0 Å². The van der Waals surface area contributed by atoms with E-state index in [4.69, 9.17) is 11.6 Å². The van der Waals surface area contributed by atoms with Crippen LogP contribution < -0.4 is 5.43 Å². The molecule has 0 saturated carbocycles. The minimum absolute atomic E-state index is 0.0428. The van der Waals surface area contributed by atoms with Crippen LogP contribution in [-0.2, 0) is 0 Å². The van der Waals surface area contributed by atoms with Crippen molar-refractivity contribution in [2.45, 2.75) is 0 Å². The van der Waals surface area contributed by atoms with E-state index in [1.165, 1.54) is 24.4 Å². The van der Waals surface area contributed by atoms with Gasteiger partial charge < -0.3 is 5.11 Å². The molecule has 0 bridgehead atoms. The summed E-state index contributed by atoms with van der Waals surface area (Å²) < 4.78 is 0.449. The number of hydrogen-bond donors (Lipinski definition) is 2. The smallest absolute Gasteiger partial charge is 0.287 e. The molecule has 1 aromatic heterocycles. The summed E-state index contributed by atoms with van der Waals surface area (Å²) in [5.74, 6) is 0.319. The van der Waals surface area contributed by atoms with Gasteiger partial charge in [-0.3, -0.25) is 15.5 Å². The minimum atomic E-state index is -0.532. The number of benzene rings is 1. The first kappa shape index (κ1) is 15.2. The number of nitrogens with one attached hydrogen (secondary N) is 1. The van der Waals surface area contributed by atoms with Crippen molar-refractivity contribution in [1.29, 1.82) is 0 Å². The first-order chi connectivity index (χ1) is 9.97. The van der Waals surface area contributed by atoms with Gasteiger partial charge in [0.1, 0.15) is 17.8 Å². The summed E-state index contributed by atoms with van der Waals surface area (Å²) in [7, 11) is 0. The van der Waals surface area contributed by atoms with E-state index in [2.05, 4.69) is 31.4 Å². The zero-order valence-corrected chi connectivity index (χ0v) is 12.7. The molecule has 0 fully saturated rings. The maximum atomic E-state index is 10.5. The number of phenols is 1. The van der Waals surface area contributed by atoms with Crippen LogP contribution in [0.3, 0.4) is 0 Å². The fourth-order valence-electron chi connectivity index (χ4n) is 1.39. The highest BCUT2D eigenvalue weighted by Gasteiger charge is 2.06. The second-order valence-corrected chi connectivity index (χ2v) is 5.12. The van der Waals surface area contributed by atoms with E-state index in [1.807, 2.05) is 0 Å². The molecule has 108 valence electrons. The van der Waals surface area contributed by atoms with Crippen LogP contribution in [0.25, 0.3) is 0 Å². The number of anilines is 1. The molecule has 1 heterocycles. The molecule has 0 aliphatic carbocycles. The van der Waals surface area contributed by atoms with Gasteiger partial charge in [0.05, 0.1) is 20.6 Å². The summed E-state index contributed by atoms with van der Waals surface area (Å²) in [6, 6.07) is 5.93. The summed E-state index contributed by atoms with van der Waals surface area (Å²) >= 11 is 8.99. The number of nitrogens with zero attached hydrogens (tertiary/aromatic N) is 3. The SMILES string of the molecule is O=[N+]([O-])c1ccc(N/N=C/c2cc(Cl)c(O)c(Br)c2)nc1. The Labute approximate surface area is 132 Å². The molecule has 0 aliphatic heterocycles. The molecule has 9 heteroatoms. The van der Waals surface area contributed by atoms with Crippen molar-refractivity contribution >= 4 is 45.3 Å². The standard InChI is InChI=1S/C12H8BrClN4O3/c13-9-3-7(4-10(14)12(9)19)5-16-17-11-2-1-8(6-15-11)18(20)21/h1-6,19H,(H,15,17)/b16-5+. The number of phenolic OH excluding ortho intramolecular Hbond substituents is 1. The van der Waals surface area contributed by atoms with Crippen LogP contribution in [0.2, 0.25) is 5.02 Å². The summed E-state index contributed by atoms with van der Waals surface area (Å²) in [5.41, 5.74) is 3.18. The van der Waals surface area contributed by atoms with E-state index in [-0.39, 0.29) is 16.5 Å². The Kier molecular flexibility index (Phi) is 4.71. The van der Waals surface area contributed by atoms with E-state index in [1.54, 1.807) is 6.07 Å². The molecule has 0 saturated heterocycles. The molecular weight excluding hydrogens is 364 g/mol. The molecule has 0 aliphatic rings. The second kappa shape index (κ2) is 6.51. The number of aromatic nitrogens is 1. The average Bonchev–Trinajstić information content (AvgIpc) is 2.45. The maximum absolute atomic E-state index is 10.5. The van der Waals surface area contributed by atoms with E-state index in [0.29, 0.717) is 15.9 Å². The third kappa shape index (κ3) is 3.89. The van der Waals surface area contributed by atoms with E-state index >= 15 is 0 Å². The van der Waals surface area contributed by atoms with Crippen LogP contribution in [0, 0.1) is 10.1 Å². The van der Waals surface area contributed by atoms with Gasteiger partial charge in [-0.25, -0.2) is 4.98 Å². The zero-order chi connectivity index (χ0) is 15.4. The van der Waals surface area contributed by atoms with Gasteiger partial charge in [0.25, 0.3) is 5.69 Å². The fourth-order valence-corrected chi connectivity index (χ4v) is 2.21. The van der Waals surface area contributed by atoms with Gasteiger partial charge in [-0.05, 0) is 39.7 Å². The largest absolute Gasteiger partial charge is 0.505 e. The van der Waals surface area contributed by atoms with Crippen LogP contribution in [0.15, 0.2) is 40.0 Å². The average molecular weight is 372 g/mol. The van der Waals surface area contributed by atoms with Crippen LogP contribution >= 0.6 is 27.5 Å². The third-order valence-electron chi connectivity index (χ3n) is 2.39. The molecule has 21 heavy (non-hydrogen) atoms. The number of hydrazone groups is 1. The van der Waals surface area contributed by atoms with Gasteiger partial charge in [-0.2, -0.15) is 5.10 Å².